The van der Waals surface area contributed by atoms with E-state index in [9.17, 15) is 4.79 Å². The maximum atomic E-state index is 10.7. The van der Waals surface area contributed by atoms with Crippen LogP contribution >= 0.6 is 0 Å². The first-order valence-corrected chi connectivity index (χ1v) is 2.90. The summed E-state index contributed by atoms with van der Waals surface area (Å²) in [5.74, 6) is -0.604. The summed E-state index contributed by atoms with van der Waals surface area (Å²) >= 11 is 0. The number of rotatable bonds is 3. The van der Waals surface area contributed by atoms with Gasteiger partial charge in [0, 0.05) is 0 Å². The quantitative estimate of drug-likeness (QED) is 0.336. The molecule has 5 nitrogen and oxygen atoms in total. The molecular weight excluding hydrogens is 146 g/mol. The molecule has 0 aromatic rings. The van der Waals surface area contributed by atoms with Crippen LogP contribution in [-0.2, 0) is 9.53 Å². The summed E-state index contributed by atoms with van der Waals surface area (Å²) in [7, 11) is 0. The normalized spacial score (nSPS) is 10.5. The number of esters is 1. The summed E-state index contributed by atoms with van der Waals surface area (Å²) in [5.41, 5.74) is 0. The number of hydrogen-bond acceptors (Lipinski definition) is 5. The predicted molar refractivity (Wildman–Crippen MR) is 34.8 cm³/mol. The van der Waals surface area contributed by atoms with Gasteiger partial charge in [0.2, 0.25) is 0 Å². The van der Waals surface area contributed by atoms with E-state index in [-0.39, 0.29) is 6.61 Å². The molecule has 0 spiro atoms. The maximum absolute atomic E-state index is 10.7. The molecule has 5 heteroatoms. The molecule has 0 radical (unpaired) electrons. The lowest BCUT2D eigenvalue weighted by atomic mass is 10.3. The van der Waals surface area contributed by atoms with Crippen LogP contribution in [0.25, 0.3) is 0 Å². The highest BCUT2D eigenvalue weighted by atomic mass is 16.5. The number of ether oxygens (including phenoxy) is 1. The van der Waals surface area contributed by atoms with Crippen LogP contribution in [0.5, 0.6) is 0 Å². The van der Waals surface area contributed by atoms with Crippen molar-refractivity contribution in [3.05, 3.63) is 0 Å². The first-order chi connectivity index (χ1) is 5.22. The molecule has 0 rings (SSSR count). The fourth-order valence-corrected chi connectivity index (χ4v) is 0.384. The molecule has 0 fully saturated rings. The Hall–Kier alpha value is -1.75. The Bertz CT molecular complexity index is 213. The molecule has 0 saturated heterocycles. The van der Waals surface area contributed by atoms with Crippen molar-refractivity contribution < 1.29 is 9.53 Å². The second kappa shape index (κ2) is 5.07. The topological polar surface area (TPSA) is 85.9 Å². The van der Waals surface area contributed by atoms with Gasteiger partial charge in [0.1, 0.15) is 12.1 Å². The minimum atomic E-state index is -0.687. The molecule has 0 aromatic heterocycles. The molecule has 0 aliphatic carbocycles. The number of nitrogens with one attached hydrogen (secondary N) is 1. The third kappa shape index (κ3) is 3.77. The van der Waals surface area contributed by atoms with Gasteiger partial charge in [0.15, 0.2) is 12.8 Å². The zero-order valence-corrected chi connectivity index (χ0v) is 6.00. The standard InChI is InChI=1S/C6H7N3O2/c1-5(9-4-8)6(10)11-3-2-7/h5,9H,3H2,1H3/t5-/m0/s1. The second-order valence-corrected chi connectivity index (χ2v) is 1.74. The predicted octanol–water partition coefficient (Wildman–Crippen LogP) is -0.488. The highest BCUT2D eigenvalue weighted by Gasteiger charge is 2.11. The second-order valence-electron chi connectivity index (χ2n) is 1.74. The van der Waals surface area contributed by atoms with E-state index in [1.807, 2.05) is 0 Å². The molecule has 1 N–H and O–H groups in total. The van der Waals surface area contributed by atoms with Gasteiger partial charge in [-0.1, -0.05) is 0 Å². The molecule has 0 aliphatic rings. The highest BCUT2D eigenvalue weighted by molar-refractivity contribution is 5.75. The van der Waals surface area contributed by atoms with Crippen LogP contribution in [0.2, 0.25) is 0 Å². The van der Waals surface area contributed by atoms with E-state index in [1.54, 1.807) is 12.3 Å². The van der Waals surface area contributed by atoms with Crippen molar-refractivity contribution in [3.8, 4) is 12.3 Å². The van der Waals surface area contributed by atoms with E-state index in [4.69, 9.17) is 10.5 Å². The van der Waals surface area contributed by atoms with E-state index in [1.165, 1.54) is 6.92 Å². The first kappa shape index (κ1) is 9.25. The number of carbonyl (C=O) groups excluding carboxylic acids is 1. The Morgan fingerprint density at radius 1 is 1.73 bits per heavy atom. The maximum Gasteiger partial charge on any atom is 0.329 e. The first-order valence-electron chi connectivity index (χ1n) is 2.90. The van der Waals surface area contributed by atoms with Crippen molar-refractivity contribution in [1.82, 2.24) is 5.32 Å². The summed E-state index contributed by atoms with van der Waals surface area (Å²) in [6, 6.07) is 0.955. The molecule has 1 atom stereocenters. The highest BCUT2D eigenvalue weighted by Crippen LogP contribution is 1.85. The van der Waals surface area contributed by atoms with Gasteiger partial charge < -0.3 is 10.1 Å². The minimum absolute atomic E-state index is 0.281. The van der Waals surface area contributed by atoms with Crippen LogP contribution in [0.15, 0.2) is 0 Å². The molecule has 0 heterocycles. The third-order valence-corrected chi connectivity index (χ3v) is 0.914. The van der Waals surface area contributed by atoms with Gasteiger partial charge >= 0.3 is 5.97 Å². The Balaban J connectivity index is 3.68. The van der Waals surface area contributed by atoms with Crippen LogP contribution in [-0.4, -0.2) is 18.6 Å². The van der Waals surface area contributed by atoms with Crippen molar-refractivity contribution in [2.45, 2.75) is 13.0 Å². The van der Waals surface area contributed by atoms with Gasteiger partial charge in [-0.05, 0) is 6.92 Å². The van der Waals surface area contributed by atoms with Crippen LogP contribution < -0.4 is 5.32 Å². The molecule has 0 bridgehead atoms. The summed E-state index contributed by atoms with van der Waals surface area (Å²) in [6.07, 6.45) is 1.59. The average Bonchev–Trinajstić information content (AvgIpc) is 2.00. The van der Waals surface area contributed by atoms with Gasteiger partial charge in [0.25, 0.3) is 0 Å². The van der Waals surface area contributed by atoms with Gasteiger partial charge in [-0.15, -0.1) is 0 Å². The summed E-state index contributed by atoms with van der Waals surface area (Å²) in [5, 5.41) is 18.3. The van der Waals surface area contributed by atoms with E-state index >= 15 is 0 Å². The van der Waals surface area contributed by atoms with E-state index in [2.05, 4.69) is 10.1 Å². The van der Waals surface area contributed by atoms with Crippen molar-refractivity contribution in [2.75, 3.05) is 6.61 Å². The van der Waals surface area contributed by atoms with E-state index in [0.717, 1.165) is 0 Å². The van der Waals surface area contributed by atoms with Gasteiger partial charge in [-0.2, -0.15) is 10.5 Å². The lowest BCUT2D eigenvalue weighted by Gasteiger charge is -2.05. The Morgan fingerprint density at radius 2 is 2.36 bits per heavy atom. The van der Waals surface area contributed by atoms with Crippen molar-refractivity contribution in [1.29, 1.82) is 10.5 Å². The Morgan fingerprint density at radius 3 is 2.82 bits per heavy atom. The van der Waals surface area contributed by atoms with Crippen LogP contribution in [0, 0.1) is 22.8 Å². The molecule has 0 aromatic carbocycles. The molecule has 58 valence electrons. The largest absolute Gasteiger partial charge is 0.449 e. The number of nitriles is 2. The van der Waals surface area contributed by atoms with Crippen molar-refractivity contribution in [2.24, 2.45) is 0 Å². The molecule has 11 heavy (non-hydrogen) atoms. The lowest BCUT2D eigenvalue weighted by molar-refractivity contribution is -0.143. The number of carbonyl (C=O) groups is 1. The summed E-state index contributed by atoms with van der Waals surface area (Å²) < 4.78 is 4.39. The van der Waals surface area contributed by atoms with Crippen molar-refractivity contribution >= 4 is 5.97 Å². The molecule has 0 saturated carbocycles. The fraction of sp³-hybridized carbons (Fsp3) is 0.500. The average molecular weight is 153 g/mol. The number of nitrogens with zero attached hydrogens (tertiary/aromatic N) is 2. The van der Waals surface area contributed by atoms with Gasteiger partial charge in [0.05, 0.1) is 0 Å². The SMILES string of the molecule is C[C@H](NC#N)C(=O)OCC#N. The fourth-order valence-electron chi connectivity index (χ4n) is 0.384. The van der Waals surface area contributed by atoms with Gasteiger partial charge in [-0.25, -0.2) is 4.79 Å². The molecule has 0 aliphatic heterocycles. The molecule has 0 unspecified atom stereocenters. The number of hydrogen-bond donors (Lipinski definition) is 1. The summed E-state index contributed by atoms with van der Waals surface area (Å²) in [6.45, 7) is 1.19. The van der Waals surface area contributed by atoms with Crippen LogP contribution in [0.3, 0.4) is 0 Å². The van der Waals surface area contributed by atoms with Gasteiger partial charge in [-0.3, -0.25) is 0 Å². The third-order valence-electron chi connectivity index (χ3n) is 0.914. The molecule has 0 amide bonds. The Labute approximate surface area is 64.2 Å². The smallest absolute Gasteiger partial charge is 0.329 e. The van der Waals surface area contributed by atoms with E-state index in [0.29, 0.717) is 0 Å². The van der Waals surface area contributed by atoms with Crippen LogP contribution in [0.4, 0.5) is 0 Å². The Kier molecular flexibility index (Phi) is 4.26. The minimum Gasteiger partial charge on any atom is -0.449 e. The van der Waals surface area contributed by atoms with Crippen LogP contribution in [0.1, 0.15) is 6.92 Å². The summed E-state index contributed by atoms with van der Waals surface area (Å²) in [4.78, 5) is 10.7. The van der Waals surface area contributed by atoms with Crippen molar-refractivity contribution in [3.63, 3.8) is 0 Å². The zero-order valence-electron chi connectivity index (χ0n) is 6.00. The molecular formula is C6H7N3O2. The monoisotopic (exact) mass is 153 g/mol. The van der Waals surface area contributed by atoms with E-state index < -0.39 is 12.0 Å². The lowest BCUT2D eigenvalue weighted by Crippen LogP contribution is -2.32. The zero-order chi connectivity index (χ0) is 8.69.